The number of hydrogen-bond acceptors (Lipinski definition) is 4. The molecule has 112 valence electrons. The number of benzene rings is 1. The lowest BCUT2D eigenvalue weighted by Gasteiger charge is -2.14. The summed E-state index contributed by atoms with van der Waals surface area (Å²) >= 11 is 0. The van der Waals surface area contributed by atoms with Gasteiger partial charge >= 0.3 is 5.97 Å². The Morgan fingerprint density at radius 2 is 1.81 bits per heavy atom. The van der Waals surface area contributed by atoms with Crippen LogP contribution in [0.1, 0.15) is 43.9 Å². The van der Waals surface area contributed by atoms with Crippen LogP contribution in [0, 0.1) is 0 Å². The molecule has 0 saturated carbocycles. The zero-order chi connectivity index (χ0) is 15.6. The minimum atomic E-state index is -1.11. The van der Waals surface area contributed by atoms with Crippen LogP contribution in [0.5, 0.6) is 0 Å². The molecule has 1 N–H and O–H groups in total. The molecule has 0 radical (unpaired) electrons. The van der Waals surface area contributed by atoms with Crippen molar-refractivity contribution in [3.8, 4) is 0 Å². The Balaban J connectivity index is 2.09. The maximum absolute atomic E-state index is 12.2. The predicted molar refractivity (Wildman–Crippen MR) is 76.6 cm³/mol. The summed E-state index contributed by atoms with van der Waals surface area (Å²) < 4.78 is 0. The number of rotatable bonds is 6. The van der Waals surface area contributed by atoms with Crippen molar-refractivity contribution in [2.24, 2.45) is 0 Å². The van der Waals surface area contributed by atoms with Crippen molar-refractivity contribution in [1.82, 2.24) is 9.80 Å². The van der Waals surface area contributed by atoms with E-state index in [4.69, 9.17) is 5.11 Å². The number of imide groups is 1. The maximum atomic E-state index is 12.2. The Bertz CT molecular complexity index is 595. The number of carboxylic acid groups (broad SMARTS) is 1. The van der Waals surface area contributed by atoms with E-state index in [0.29, 0.717) is 6.54 Å². The van der Waals surface area contributed by atoms with Gasteiger partial charge in [-0.15, -0.1) is 0 Å². The number of unbranched alkanes of at least 4 members (excludes halogenated alkanes) is 1. The van der Waals surface area contributed by atoms with Gasteiger partial charge in [-0.25, -0.2) is 4.79 Å². The molecule has 0 saturated heterocycles. The summed E-state index contributed by atoms with van der Waals surface area (Å²) in [5.41, 5.74) is 0.495. The Kier molecular flexibility index (Phi) is 4.37. The zero-order valence-corrected chi connectivity index (χ0v) is 12.1. The number of amides is 2. The first-order valence-electron chi connectivity index (χ1n) is 6.80. The number of nitrogens with zero attached hydrogens (tertiary/aromatic N) is 2. The van der Waals surface area contributed by atoms with Crippen LogP contribution in [-0.4, -0.2) is 59.9 Å². The van der Waals surface area contributed by atoms with Crippen molar-refractivity contribution < 1.29 is 19.5 Å². The SMILES string of the molecule is CN(C)CCCCN1C(=O)c2ccc(C(=O)O)cc2C1=O. The first kappa shape index (κ1) is 15.2. The summed E-state index contributed by atoms with van der Waals surface area (Å²) in [6, 6.07) is 4.04. The summed E-state index contributed by atoms with van der Waals surface area (Å²) in [4.78, 5) is 38.5. The van der Waals surface area contributed by atoms with Crippen molar-refractivity contribution in [2.75, 3.05) is 27.2 Å². The first-order chi connectivity index (χ1) is 9.91. The van der Waals surface area contributed by atoms with Crippen LogP contribution < -0.4 is 0 Å². The third kappa shape index (κ3) is 3.11. The second kappa shape index (κ2) is 6.05. The summed E-state index contributed by atoms with van der Waals surface area (Å²) in [7, 11) is 3.94. The number of carbonyl (C=O) groups is 3. The molecule has 1 heterocycles. The van der Waals surface area contributed by atoms with E-state index in [0.717, 1.165) is 19.4 Å². The number of carboxylic acids is 1. The number of fused-ring (bicyclic) bond motifs is 1. The van der Waals surface area contributed by atoms with Gasteiger partial charge in [0.25, 0.3) is 11.8 Å². The standard InChI is InChI=1S/C15H18N2O4/c1-16(2)7-3-4-8-17-13(18)11-6-5-10(15(20)21)9-12(11)14(17)19/h5-6,9H,3-4,7-8H2,1-2H3,(H,20,21). The van der Waals surface area contributed by atoms with Gasteiger partial charge in [0.05, 0.1) is 16.7 Å². The van der Waals surface area contributed by atoms with Crippen molar-refractivity contribution in [1.29, 1.82) is 0 Å². The number of aromatic carboxylic acids is 1. The molecule has 1 aliphatic heterocycles. The van der Waals surface area contributed by atoms with Crippen LogP contribution in [-0.2, 0) is 0 Å². The molecule has 0 aromatic heterocycles. The van der Waals surface area contributed by atoms with Crippen LogP contribution >= 0.6 is 0 Å². The van der Waals surface area contributed by atoms with Crippen LogP contribution in [0.3, 0.4) is 0 Å². The summed E-state index contributed by atoms with van der Waals surface area (Å²) in [5, 5.41) is 8.94. The quantitative estimate of drug-likeness (QED) is 0.631. The average molecular weight is 290 g/mol. The normalized spacial score (nSPS) is 14.0. The van der Waals surface area contributed by atoms with Gasteiger partial charge in [-0.2, -0.15) is 0 Å². The first-order valence-corrected chi connectivity index (χ1v) is 6.80. The van der Waals surface area contributed by atoms with E-state index < -0.39 is 11.9 Å². The fourth-order valence-electron chi connectivity index (χ4n) is 2.32. The van der Waals surface area contributed by atoms with Gasteiger partial charge in [0, 0.05) is 6.54 Å². The molecule has 6 heteroatoms. The second-order valence-corrected chi connectivity index (χ2v) is 5.34. The molecule has 0 unspecified atom stereocenters. The minimum Gasteiger partial charge on any atom is -0.478 e. The summed E-state index contributed by atoms with van der Waals surface area (Å²) in [6.07, 6.45) is 1.62. The fourth-order valence-corrected chi connectivity index (χ4v) is 2.32. The lowest BCUT2D eigenvalue weighted by Crippen LogP contribution is -2.31. The average Bonchev–Trinajstić information content (AvgIpc) is 2.67. The molecule has 1 aliphatic rings. The lowest BCUT2D eigenvalue weighted by molar-refractivity contribution is 0.0649. The molecule has 1 aromatic rings. The van der Waals surface area contributed by atoms with Crippen molar-refractivity contribution in [2.45, 2.75) is 12.8 Å². The minimum absolute atomic E-state index is 0.0179. The molecule has 0 fully saturated rings. The molecular formula is C15H18N2O4. The van der Waals surface area contributed by atoms with E-state index in [1.807, 2.05) is 19.0 Å². The van der Waals surface area contributed by atoms with Gasteiger partial charge in [-0.3, -0.25) is 14.5 Å². The van der Waals surface area contributed by atoms with E-state index in [9.17, 15) is 14.4 Å². The molecule has 0 atom stereocenters. The molecular weight excluding hydrogens is 272 g/mol. The highest BCUT2D eigenvalue weighted by Gasteiger charge is 2.35. The number of hydrogen-bond donors (Lipinski definition) is 1. The summed E-state index contributed by atoms with van der Waals surface area (Å²) in [5.74, 6) is -1.85. The third-order valence-corrected chi connectivity index (χ3v) is 3.45. The van der Waals surface area contributed by atoms with E-state index in [1.165, 1.54) is 23.1 Å². The van der Waals surface area contributed by atoms with Gasteiger partial charge in [0.1, 0.15) is 0 Å². The van der Waals surface area contributed by atoms with Gasteiger partial charge in [0.2, 0.25) is 0 Å². The van der Waals surface area contributed by atoms with Crippen LogP contribution in [0.15, 0.2) is 18.2 Å². The Morgan fingerprint density at radius 1 is 1.14 bits per heavy atom. The highest BCUT2D eigenvalue weighted by Crippen LogP contribution is 2.24. The highest BCUT2D eigenvalue weighted by molar-refractivity contribution is 6.21. The van der Waals surface area contributed by atoms with Crippen molar-refractivity contribution in [3.05, 3.63) is 34.9 Å². The lowest BCUT2D eigenvalue weighted by atomic mass is 10.1. The summed E-state index contributed by atoms with van der Waals surface area (Å²) in [6.45, 7) is 1.26. The van der Waals surface area contributed by atoms with E-state index >= 15 is 0 Å². The maximum Gasteiger partial charge on any atom is 0.335 e. The predicted octanol–water partition coefficient (Wildman–Crippen LogP) is 1.32. The van der Waals surface area contributed by atoms with E-state index in [1.54, 1.807) is 0 Å². The topological polar surface area (TPSA) is 77.9 Å². The van der Waals surface area contributed by atoms with Crippen LogP contribution in [0.2, 0.25) is 0 Å². The Labute approximate surface area is 123 Å². The fraction of sp³-hybridized carbons (Fsp3) is 0.400. The zero-order valence-electron chi connectivity index (χ0n) is 12.1. The monoisotopic (exact) mass is 290 g/mol. The van der Waals surface area contributed by atoms with Gasteiger partial charge < -0.3 is 10.0 Å². The van der Waals surface area contributed by atoms with Crippen molar-refractivity contribution in [3.63, 3.8) is 0 Å². The molecule has 21 heavy (non-hydrogen) atoms. The van der Waals surface area contributed by atoms with Crippen molar-refractivity contribution >= 4 is 17.8 Å². The molecule has 1 aromatic carbocycles. The largest absolute Gasteiger partial charge is 0.478 e. The third-order valence-electron chi connectivity index (χ3n) is 3.45. The smallest absolute Gasteiger partial charge is 0.335 e. The van der Waals surface area contributed by atoms with Gasteiger partial charge in [-0.05, 0) is 51.7 Å². The molecule has 2 amide bonds. The van der Waals surface area contributed by atoms with Gasteiger partial charge in [-0.1, -0.05) is 0 Å². The molecule has 0 aliphatic carbocycles. The van der Waals surface area contributed by atoms with E-state index in [2.05, 4.69) is 0 Å². The Morgan fingerprint density at radius 3 is 2.43 bits per heavy atom. The molecule has 6 nitrogen and oxygen atoms in total. The second-order valence-electron chi connectivity index (χ2n) is 5.34. The number of carbonyl (C=O) groups excluding carboxylic acids is 2. The highest BCUT2D eigenvalue weighted by atomic mass is 16.4. The molecule has 2 rings (SSSR count). The molecule has 0 spiro atoms. The van der Waals surface area contributed by atoms with Crippen LogP contribution in [0.4, 0.5) is 0 Å². The van der Waals surface area contributed by atoms with Gasteiger partial charge in [0.15, 0.2) is 0 Å². The van der Waals surface area contributed by atoms with E-state index in [-0.39, 0.29) is 22.6 Å². The molecule has 0 bridgehead atoms. The van der Waals surface area contributed by atoms with Crippen LogP contribution in [0.25, 0.3) is 0 Å². The Hall–Kier alpha value is -2.21.